The van der Waals surface area contributed by atoms with Crippen LogP contribution in [0.2, 0.25) is 0 Å². The lowest BCUT2D eigenvalue weighted by Crippen LogP contribution is -2.42. The molecule has 7 heteroatoms. The van der Waals surface area contributed by atoms with E-state index in [-0.39, 0.29) is 5.91 Å². The average molecular weight is 462 g/mol. The number of pyridine rings is 1. The Kier molecular flexibility index (Phi) is 5.41. The number of aromatic nitrogens is 2. The third kappa shape index (κ3) is 3.71. The molecule has 6 rings (SSSR count). The first-order valence-corrected chi connectivity index (χ1v) is 12.4. The molecule has 3 N–H and O–H groups in total. The summed E-state index contributed by atoms with van der Waals surface area (Å²) >= 11 is 0. The lowest BCUT2D eigenvalue weighted by Gasteiger charge is -2.35. The van der Waals surface area contributed by atoms with Crippen LogP contribution in [0.25, 0.3) is 16.6 Å². The second-order valence-electron chi connectivity index (χ2n) is 10.6. The molecule has 1 aliphatic heterocycles. The van der Waals surface area contributed by atoms with E-state index in [9.17, 15) is 9.18 Å². The predicted octanol–water partition coefficient (Wildman–Crippen LogP) is 3.69. The van der Waals surface area contributed by atoms with E-state index in [4.69, 9.17) is 5.73 Å². The van der Waals surface area contributed by atoms with E-state index < -0.39 is 5.82 Å². The van der Waals surface area contributed by atoms with Crippen LogP contribution in [0.4, 0.5) is 4.39 Å². The predicted molar refractivity (Wildman–Crippen MR) is 131 cm³/mol. The van der Waals surface area contributed by atoms with Gasteiger partial charge in [-0.2, -0.15) is 0 Å². The van der Waals surface area contributed by atoms with Crippen molar-refractivity contribution >= 4 is 16.8 Å². The van der Waals surface area contributed by atoms with Gasteiger partial charge in [-0.1, -0.05) is 0 Å². The molecule has 0 bridgehead atoms. The number of fused-ring (bicyclic) bond motifs is 2. The maximum absolute atomic E-state index is 14.0. The quantitative estimate of drug-likeness (QED) is 0.608. The standard InChI is InChI=1S/C27H32FN5O/c1-30-27(34)23-10-20(28)2-3-25(23)33-15-24(22-4-5-31-11-26(22)33)17-8-18-13-32(14-19(18)9-17)12-16-6-21(29)7-16/h2-5,10-11,15-19,21H,6-9,12-14,29H2,1H3,(H,30,34)/t16-,17?,18?,19?,21-. The van der Waals surface area contributed by atoms with Crippen LogP contribution >= 0.6 is 0 Å². The summed E-state index contributed by atoms with van der Waals surface area (Å²) in [6.07, 6.45) is 10.6. The highest BCUT2D eigenvalue weighted by Gasteiger charge is 2.43. The number of likely N-dealkylation sites (tertiary alicyclic amines) is 1. The van der Waals surface area contributed by atoms with Gasteiger partial charge in [0.2, 0.25) is 0 Å². The van der Waals surface area contributed by atoms with Crippen LogP contribution in [-0.2, 0) is 0 Å². The molecule has 3 heterocycles. The summed E-state index contributed by atoms with van der Waals surface area (Å²) in [6.45, 7) is 3.61. The molecule has 1 aromatic carbocycles. The molecule has 2 aliphatic carbocycles. The smallest absolute Gasteiger partial charge is 0.253 e. The van der Waals surface area contributed by atoms with Crippen molar-refractivity contribution in [3.63, 3.8) is 0 Å². The molecule has 3 fully saturated rings. The van der Waals surface area contributed by atoms with Gasteiger partial charge in [0.15, 0.2) is 0 Å². The number of benzene rings is 1. The minimum atomic E-state index is -0.422. The molecule has 6 nitrogen and oxygen atoms in total. The molecule has 2 atom stereocenters. The lowest BCUT2D eigenvalue weighted by molar-refractivity contribution is 0.0962. The number of carbonyl (C=O) groups is 1. The summed E-state index contributed by atoms with van der Waals surface area (Å²) in [4.78, 5) is 19.5. The van der Waals surface area contributed by atoms with Crippen LogP contribution in [-0.4, -0.2) is 53.1 Å². The van der Waals surface area contributed by atoms with Crippen LogP contribution in [0.3, 0.4) is 0 Å². The number of hydrogen-bond donors (Lipinski definition) is 2. The molecule has 178 valence electrons. The third-order valence-electron chi connectivity index (χ3n) is 8.38. The first kappa shape index (κ1) is 21.7. The lowest BCUT2D eigenvalue weighted by atomic mass is 9.80. The van der Waals surface area contributed by atoms with E-state index in [1.807, 2.05) is 17.0 Å². The first-order valence-electron chi connectivity index (χ1n) is 12.4. The first-order chi connectivity index (χ1) is 16.5. The van der Waals surface area contributed by atoms with Crippen molar-refractivity contribution in [3.8, 4) is 5.69 Å². The minimum Gasteiger partial charge on any atom is -0.355 e. The van der Waals surface area contributed by atoms with Gasteiger partial charge in [0.25, 0.3) is 5.91 Å². The minimum absolute atomic E-state index is 0.301. The molecule has 34 heavy (non-hydrogen) atoms. The van der Waals surface area contributed by atoms with Gasteiger partial charge < -0.3 is 20.5 Å². The van der Waals surface area contributed by atoms with Gasteiger partial charge in [0, 0.05) is 50.5 Å². The SMILES string of the molecule is CNC(=O)c1cc(F)ccc1-n1cc(C2CC3CN(C[C@H]4C[C@H](N)C4)CC3C2)c2ccncc21. The van der Waals surface area contributed by atoms with E-state index in [1.54, 1.807) is 13.1 Å². The zero-order chi connectivity index (χ0) is 23.4. The zero-order valence-electron chi connectivity index (χ0n) is 19.6. The second-order valence-corrected chi connectivity index (χ2v) is 10.6. The molecule has 3 aromatic rings. The van der Waals surface area contributed by atoms with Crippen LogP contribution in [0.5, 0.6) is 0 Å². The Bertz CT molecular complexity index is 1220. The van der Waals surface area contributed by atoms with E-state index in [0.29, 0.717) is 23.2 Å². The Labute approximate surface area is 199 Å². The van der Waals surface area contributed by atoms with Crippen LogP contribution < -0.4 is 11.1 Å². The summed E-state index contributed by atoms with van der Waals surface area (Å²) < 4.78 is 16.0. The molecule has 2 aromatic heterocycles. The van der Waals surface area contributed by atoms with Gasteiger partial charge in [0.05, 0.1) is 23.0 Å². The topological polar surface area (TPSA) is 76.2 Å². The highest BCUT2D eigenvalue weighted by atomic mass is 19.1. The Hall–Kier alpha value is -2.77. The summed E-state index contributed by atoms with van der Waals surface area (Å²) in [5, 5.41) is 3.81. The maximum atomic E-state index is 14.0. The Morgan fingerprint density at radius 3 is 2.65 bits per heavy atom. The fourth-order valence-electron chi connectivity index (χ4n) is 6.76. The highest BCUT2D eigenvalue weighted by molar-refractivity contribution is 5.98. The fraction of sp³-hybridized carbons (Fsp3) is 0.481. The summed E-state index contributed by atoms with van der Waals surface area (Å²) in [6, 6.07) is 6.90. The van der Waals surface area contributed by atoms with Crippen molar-refractivity contribution in [2.45, 2.75) is 37.6 Å². The average Bonchev–Trinajstić information content (AvgIpc) is 3.49. The van der Waals surface area contributed by atoms with Crippen molar-refractivity contribution < 1.29 is 9.18 Å². The van der Waals surface area contributed by atoms with E-state index in [2.05, 4.69) is 27.5 Å². The van der Waals surface area contributed by atoms with Gasteiger partial charge in [-0.15, -0.1) is 0 Å². The number of nitrogens with one attached hydrogen (secondary N) is 1. The van der Waals surface area contributed by atoms with Crippen molar-refractivity contribution in [2.75, 3.05) is 26.7 Å². The number of carbonyl (C=O) groups excluding carboxylic acids is 1. The molecule has 1 amide bonds. The monoisotopic (exact) mass is 461 g/mol. The van der Waals surface area contributed by atoms with Gasteiger partial charge in [-0.3, -0.25) is 9.78 Å². The van der Waals surface area contributed by atoms with Gasteiger partial charge in [-0.05, 0) is 79.2 Å². The van der Waals surface area contributed by atoms with Crippen molar-refractivity contribution in [2.24, 2.45) is 23.5 Å². The Balaban J connectivity index is 1.28. The molecule has 0 spiro atoms. The fourth-order valence-corrected chi connectivity index (χ4v) is 6.76. The normalized spacial score (nSPS) is 28.7. The summed E-state index contributed by atoms with van der Waals surface area (Å²) in [7, 11) is 1.57. The second kappa shape index (κ2) is 8.47. The van der Waals surface area contributed by atoms with Crippen LogP contribution in [0.1, 0.15) is 47.5 Å². The van der Waals surface area contributed by atoms with Crippen molar-refractivity contribution in [3.05, 3.63) is 59.8 Å². The van der Waals surface area contributed by atoms with Crippen molar-refractivity contribution in [1.82, 2.24) is 19.8 Å². The Morgan fingerprint density at radius 2 is 1.94 bits per heavy atom. The molecule has 2 saturated carbocycles. The number of rotatable bonds is 5. The molecule has 1 saturated heterocycles. The van der Waals surface area contributed by atoms with Gasteiger partial charge >= 0.3 is 0 Å². The number of hydrogen-bond acceptors (Lipinski definition) is 4. The Morgan fingerprint density at radius 1 is 1.18 bits per heavy atom. The number of amides is 1. The molecule has 0 radical (unpaired) electrons. The molecule has 3 aliphatic rings. The van der Waals surface area contributed by atoms with Gasteiger partial charge in [-0.25, -0.2) is 4.39 Å². The molecule has 2 unspecified atom stereocenters. The highest BCUT2D eigenvalue weighted by Crippen LogP contribution is 2.48. The third-order valence-corrected chi connectivity index (χ3v) is 8.38. The van der Waals surface area contributed by atoms with E-state index in [0.717, 1.165) is 23.3 Å². The number of nitrogens with two attached hydrogens (primary N) is 1. The summed E-state index contributed by atoms with van der Waals surface area (Å²) in [5.41, 5.74) is 9.25. The van der Waals surface area contributed by atoms with Crippen LogP contribution in [0, 0.1) is 23.6 Å². The van der Waals surface area contributed by atoms with Crippen molar-refractivity contribution in [1.29, 1.82) is 0 Å². The summed E-state index contributed by atoms with van der Waals surface area (Å²) in [5.74, 6) is 2.04. The number of nitrogens with zero attached hydrogens (tertiary/aromatic N) is 3. The van der Waals surface area contributed by atoms with E-state index in [1.165, 1.54) is 68.4 Å². The number of halogens is 1. The van der Waals surface area contributed by atoms with Gasteiger partial charge in [0.1, 0.15) is 5.82 Å². The van der Waals surface area contributed by atoms with E-state index >= 15 is 0 Å². The molecular weight excluding hydrogens is 429 g/mol. The molecular formula is C27H32FN5O. The largest absolute Gasteiger partial charge is 0.355 e. The zero-order valence-corrected chi connectivity index (χ0v) is 19.6. The maximum Gasteiger partial charge on any atom is 0.253 e. The van der Waals surface area contributed by atoms with Crippen LogP contribution in [0.15, 0.2) is 42.9 Å².